The lowest BCUT2D eigenvalue weighted by Gasteiger charge is -2.04. The minimum atomic E-state index is -1.29. The maximum absolute atomic E-state index is 11.1. The zero-order valence-electron chi connectivity index (χ0n) is 10.7. The molecule has 8 nitrogen and oxygen atoms in total. The zero-order valence-corrected chi connectivity index (χ0v) is 12.2. The summed E-state index contributed by atoms with van der Waals surface area (Å²) in [5.74, 6) is -0.652. The van der Waals surface area contributed by atoms with Crippen molar-refractivity contribution in [2.75, 3.05) is 0 Å². The van der Waals surface area contributed by atoms with Crippen molar-refractivity contribution in [3.8, 4) is 0 Å². The van der Waals surface area contributed by atoms with Crippen molar-refractivity contribution in [2.24, 2.45) is 0 Å². The highest BCUT2D eigenvalue weighted by molar-refractivity contribution is 7.99. The number of carboxylic acid groups (broad SMARTS) is 1. The number of hydrogen-bond acceptors (Lipinski definition) is 6. The van der Waals surface area contributed by atoms with Crippen LogP contribution in [0.5, 0.6) is 0 Å². The molecule has 0 unspecified atom stereocenters. The first-order valence-electron chi connectivity index (χ1n) is 5.72. The largest absolute Gasteiger partial charge is 0.478 e. The number of nitro groups is 1. The Morgan fingerprint density at radius 3 is 2.81 bits per heavy atom. The topological polar surface area (TPSA) is 122 Å². The Morgan fingerprint density at radius 1 is 1.57 bits per heavy atom. The monoisotopic (exact) mass is 328 g/mol. The first-order chi connectivity index (χ1) is 9.92. The highest BCUT2D eigenvalue weighted by atomic mass is 35.5. The number of carboxylic acids is 1. The van der Waals surface area contributed by atoms with Crippen molar-refractivity contribution in [2.45, 2.75) is 23.4 Å². The standard InChI is InChI=1S/C11H9ClN4O4S/c1-2-8-13-11(15-14-8)21-9-6(12)3-5(10(17)18)4-7(9)16(19)20/h3-4H,2H2,1H3,(H,17,18)(H,13,14,15). The summed E-state index contributed by atoms with van der Waals surface area (Å²) in [5.41, 5.74) is -0.645. The summed E-state index contributed by atoms with van der Waals surface area (Å²) in [7, 11) is 0. The predicted molar refractivity (Wildman–Crippen MR) is 74.9 cm³/mol. The minimum absolute atomic E-state index is 0.0329. The van der Waals surface area contributed by atoms with E-state index < -0.39 is 16.6 Å². The van der Waals surface area contributed by atoms with Gasteiger partial charge in [-0.15, -0.1) is 5.10 Å². The van der Waals surface area contributed by atoms with Gasteiger partial charge >= 0.3 is 5.97 Å². The molecule has 2 aromatic rings. The zero-order chi connectivity index (χ0) is 15.6. The van der Waals surface area contributed by atoms with Gasteiger partial charge in [-0.1, -0.05) is 18.5 Å². The van der Waals surface area contributed by atoms with Gasteiger partial charge in [-0.2, -0.15) is 0 Å². The Bertz CT molecular complexity index is 718. The van der Waals surface area contributed by atoms with E-state index in [9.17, 15) is 14.9 Å². The number of aromatic carboxylic acids is 1. The third-order valence-electron chi connectivity index (χ3n) is 2.51. The molecule has 1 aromatic carbocycles. The smallest absolute Gasteiger partial charge is 0.335 e. The minimum Gasteiger partial charge on any atom is -0.478 e. The molecule has 2 N–H and O–H groups in total. The summed E-state index contributed by atoms with van der Waals surface area (Å²) in [5, 5.41) is 26.8. The molecule has 0 atom stereocenters. The van der Waals surface area contributed by atoms with E-state index in [4.69, 9.17) is 16.7 Å². The Labute approximate surface area is 127 Å². The van der Waals surface area contributed by atoms with Gasteiger partial charge < -0.3 is 5.11 Å². The van der Waals surface area contributed by atoms with Gasteiger partial charge in [0.1, 0.15) is 10.7 Å². The molecular formula is C11H9ClN4O4S. The quantitative estimate of drug-likeness (QED) is 0.639. The number of aryl methyl sites for hydroxylation is 1. The number of aromatic nitrogens is 3. The van der Waals surface area contributed by atoms with Crippen LogP contribution >= 0.6 is 23.4 Å². The molecule has 1 aromatic heterocycles. The van der Waals surface area contributed by atoms with Gasteiger partial charge in [-0.3, -0.25) is 15.2 Å². The third-order valence-corrected chi connectivity index (χ3v) is 3.92. The molecule has 0 aliphatic rings. The first kappa shape index (κ1) is 15.3. The lowest BCUT2D eigenvalue weighted by Crippen LogP contribution is -2.00. The lowest BCUT2D eigenvalue weighted by atomic mass is 10.2. The summed E-state index contributed by atoms with van der Waals surface area (Å²) in [6.07, 6.45) is 0.640. The van der Waals surface area contributed by atoms with E-state index in [1.165, 1.54) is 0 Å². The van der Waals surface area contributed by atoms with E-state index >= 15 is 0 Å². The van der Waals surface area contributed by atoms with Gasteiger partial charge in [-0.05, 0) is 17.8 Å². The van der Waals surface area contributed by atoms with Crippen LogP contribution in [0.2, 0.25) is 5.02 Å². The molecule has 110 valence electrons. The van der Waals surface area contributed by atoms with Crippen molar-refractivity contribution < 1.29 is 14.8 Å². The number of carbonyl (C=O) groups is 1. The van der Waals surface area contributed by atoms with E-state index in [0.29, 0.717) is 12.2 Å². The van der Waals surface area contributed by atoms with Gasteiger partial charge in [0.05, 0.1) is 15.5 Å². The van der Waals surface area contributed by atoms with Gasteiger partial charge in [-0.25, -0.2) is 9.78 Å². The van der Waals surface area contributed by atoms with E-state index in [1.54, 1.807) is 0 Å². The van der Waals surface area contributed by atoms with Gasteiger partial charge in [0, 0.05) is 12.5 Å². The number of H-pyrrole nitrogens is 1. The summed E-state index contributed by atoms with van der Waals surface area (Å²) >= 11 is 6.86. The second-order valence-electron chi connectivity index (χ2n) is 3.89. The maximum atomic E-state index is 11.1. The second-order valence-corrected chi connectivity index (χ2v) is 5.27. The van der Waals surface area contributed by atoms with Crippen molar-refractivity contribution in [3.63, 3.8) is 0 Å². The average molecular weight is 329 g/mol. The number of benzene rings is 1. The fraction of sp³-hybridized carbons (Fsp3) is 0.182. The molecule has 0 saturated carbocycles. The van der Waals surface area contributed by atoms with Crippen LogP contribution < -0.4 is 0 Å². The number of hydrogen-bond donors (Lipinski definition) is 2. The molecular weight excluding hydrogens is 320 g/mol. The first-order valence-corrected chi connectivity index (χ1v) is 6.92. The number of rotatable bonds is 5. The Hall–Kier alpha value is -2.13. The molecule has 2 rings (SSSR count). The van der Waals surface area contributed by atoms with E-state index in [-0.39, 0.29) is 20.6 Å². The number of nitrogens with one attached hydrogen (secondary N) is 1. The van der Waals surface area contributed by atoms with Crippen molar-refractivity contribution >= 4 is 35.0 Å². The molecule has 0 aliphatic heterocycles. The predicted octanol–water partition coefficient (Wildman–Crippen LogP) is 2.78. The molecule has 0 fully saturated rings. The fourth-order valence-corrected chi connectivity index (χ4v) is 2.67. The van der Waals surface area contributed by atoms with Gasteiger partial charge in [0.2, 0.25) is 5.16 Å². The van der Waals surface area contributed by atoms with Crippen LogP contribution in [0.1, 0.15) is 23.1 Å². The van der Waals surface area contributed by atoms with Crippen molar-refractivity contribution in [3.05, 3.63) is 38.7 Å². The van der Waals surface area contributed by atoms with E-state index in [2.05, 4.69) is 15.2 Å². The van der Waals surface area contributed by atoms with Crippen molar-refractivity contribution in [1.82, 2.24) is 15.2 Å². The second kappa shape index (κ2) is 6.10. The van der Waals surface area contributed by atoms with Gasteiger partial charge in [0.15, 0.2) is 0 Å². The molecule has 0 saturated heterocycles. The highest BCUT2D eigenvalue weighted by Crippen LogP contribution is 2.39. The summed E-state index contributed by atoms with van der Waals surface area (Å²) < 4.78 is 0. The molecule has 1 heterocycles. The molecule has 0 spiro atoms. The van der Waals surface area contributed by atoms with Crippen molar-refractivity contribution in [1.29, 1.82) is 0 Å². The van der Waals surface area contributed by atoms with Gasteiger partial charge in [0.25, 0.3) is 5.69 Å². The number of nitro benzene ring substituents is 1. The Morgan fingerprint density at radius 2 is 2.29 bits per heavy atom. The normalized spacial score (nSPS) is 10.6. The van der Waals surface area contributed by atoms with E-state index in [1.807, 2.05) is 6.92 Å². The number of halogens is 1. The Balaban J connectivity index is 2.46. The summed E-state index contributed by atoms with van der Waals surface area (Å²) in [6.45, 7) is 1.88. The highest BCUT2D eigenvalue weighted by Gasteiger charge is 2.23. The van der Waals surface area contributed by atoms with Crippen LogP contribution in [-0.2, 0) is 6.42 Å². The molecule has 21 heavy (non-hydrogen) atoms. The number of nitrogens with zero attached hydrogens (tertiary/aromatic N) is 3. The fourth-order valence-electron chi connectivity index (χ4n) is 1.51. The van der Waals surface area contributed by atoms with Crippen LogP contribution in [0.25, 0.3) is 0 Å². The maximum Gasteiger partial charge on any atom is 0.335 e. The summed E-state index contributed by atoms with van der Waals surface area (Å²) in [4.78, 5) is 25.6. The molecule has 0 bridgehead atoms. The summed E-state index contributed by atoms with van der Waals surface area (Å²) in [6, 6.07) is 2.12. The lowest BCUT2D eigenvalue weighted by molar-refractivity contribution is -0.387. The van der Waals surface area contributed by atoms with E-state index in [0.717, 1.165) is 23.9 Å². The number of aromatic amines is 1. The molecule has 0 aliphatic carbocycles. The van der Waals surface area contributed by atoms with Crippen LogP contribution in [-0.4, -0.2) is 31.2 Å². The molecule has 10 heteroatoms. The Kier molecular flexibility index (Phi) is 4.43. The van der Waals surface area contributed by atoms with Crippen LogP contribution in [0, 0.1) is 10.1 Å². The molecule has 0 amide bonds. The SMILES string of the molecule is CCc1nc(Sc2c(Cl)cc(C(=O)O)cc2[N+](=O)[O-])n[nH]1. The molecule has 0 radical (unpaired) electrons. The van der Waals surface area contributed by atoms with Crippen LogP contribution in [0.4, 0.5) is 5.69 Å². The van der Waals surface area contributed by atoms with Crippen LogP contribution in [0.15, 0.2) is 22.2 Å². The van der Waals surface area contributed by atoms with Crippen LogP contribution in [0.3, 0.4) is 0 Å². The average Bonchev–Trinajstić information content (AvgIpc) is 2.88. The third kappa shape index (κ3) is 3.31.